The third kappa shape index (κ3) is 10.7. The van der Waals surface area contributed by atoms with Gasteiger partial charge < -0.3 is 9.97 Å². The minimum absolute atomic E-state index is 0.130. The van der Waals surface area contributed by atoms with E-state index in [9.17, 15) is 9.59 Å². The summed E-state index contributed by atoms with van der Waals surface area (Å²) in [6.07, 6.45) is 4.28. The van der Waals surface area contributed by atoms with Gasteiger partial charge in [0.1, 0.15) is 24.2 Å². The highest BCUT2D eigenvalue weighted by atomic mass is 28.3. The molecule has 0 bridgehead atoms. The van der Waals surface area contributed by atoms with E-state index < -0.39 is 24.2 Å². The average molecular weight is 975 g/mol. The molecule has 0 radical (unpaired) electrons. The molecule has 2 aromatic rings. The Labute approximate surface area is 419 Å². The maximum Gasteiger partial charge on any atom is 0.273 e. The van der Waals surface area contributed by atoms with Crippen LogP contribution in [-0.2, 0) is 30.5 Å². The molecule has 0 unspecified atom stereocenters. The van der Waals surface area contributed by atoms with Crippen molar-refractivity contribution in [1.82, 2.24) is 9.97 Å². The molecule has 0 saturated heterocycles. The van der Waals surface area contributed by atoms with E-state index in [0.717, 1.165) is 74.8 Å². The third-order valence-electron chi connectivity index (χ3n) is 16.7. The largest absolute Gasteiger partial charge is 0.353 e. The van der Waals surface area contributed by atoms with Crippen LogP contribution in [0.4, 0.5) is 0 Å². The molecule has 0 saturated carbocycles. The summed E-state index contributed by atoms with van der Waals surface area (Å²) in [6.45, 7) is 55.1. The Hall–Kier alpha value is -3.62. The third-order valence-corrected chi connectivity index (χ3v) is 35.6. The van der Waals surface area contributed by atoms with Gasteiger partial charge in [-0.05, 0) is 122 Å². The zero-order valence-electron chi connectivity index (χ0n) is 47.7. The Bertz CT molecular complexity index is 2480. The summed E-state index contributed by atoms with van der Waals surface area (Å²) in [5.74, 6) is 10.9. The molecule has 3 heterocycles. The van der Waals surface area contributed by atoms with Crippen LogP contribution in [0.25, 0.3) is 11.1 Å². The van der Waals surface area contributed by atoms with Crippen LogP contribution < -0.4 is 10.7 Å². The summed E-state index contributed by atoms with van der Waals surface area (Å²) < 4.78 is 0. The minimum atomic E-state index is -2.25. The quantitative estimate of drug-likeness (QED) is 0.0887. The van der Waals surface area contributed by atoms with E-state index >= 15 is 0 Å². The Kier molecular flexibility index (Phi) is 20.7. The Morgan fingerprint density at radius 1 is 0.426 bits per heavy atom. The van der Waals surface area contributed by atoms with Gasteiger partial charge in [-0.25, -0.2) is 4.99 Å². The highest BCUT2D eigenvalue weighted by Crippen LogP contribution is 2.43. The summed E-state index contributed by atoms with van der Waals surface area (Å²) in [4.78, 5) is 41.4. The molecule has 0 fully saturated rings. The van der Waals surface area contributed by atoms with Gasteiger partial charge in [0.15, 0.2) is 0 Å². The standard InChI is InChI=1S/C60H95N3O2Si3/c1-25-46-47(26-2)56(53(58-50(29-5)51(30-6)60(65)63-58)32-35-67(40(13)14,41(15)16)42(17)18)61-55(46)52(31-34-66(37(7)8,38(9)10)39(11)12)57-48(27-3)49(28-4)59(62-57)54(64)33-36-68(43(19)20,44(21)22)45(23)24/h37-45,61-62H,25-30H2,1-24H3/b55-52-,56-53?. The summed E-state index contributed by atoms with van der Waals surface area (Å²) in [5.41, 5.74) is 26.1. The van der Waals surface area contributed by atoms with Crippen LogP contribution in [0.5, 0.6) is 0 Å². The second-order valence-corrected chi connectivity index (χ2v) is 39.3. The van der Waals surface area contributed by atoms with Crippen molar-refractivity contribution in [3.8, 4) is 34.4 Å². The summed E-state index contributed by atoms with van der Waals surface area (Å²) in [7, 11) is -6.65. The van der Waals surface area contributed by atoms with E-state index in [2.05, 4.69) is 211 Å². The highest BCUT2D eigenvalue weighted by Gasteiger charge is 2.44. The zero-order valence-corrected chi connectivity index (χ0v) is 50.7. The van der Waals surface area contributed by atoms with Crippen molar-refractivity contribution in [3.63, 3.8) is 0 Å². The number of Topliss-reactive ketones (excluding diaryl/α,β-unsaturated/α-hetero) is 1. The van der Waals surface area contributed by atoms with Crippen LogP contribution in [0.3, 0.4) is 0 Å². The van der Waals surface area contributed by atoms with E-state index in [0.29, 0.717) is 74.8 Å². The average Bonchev–Trinajstić information content (AvgIpc) is 3.92. The molecule has 0 spiro atoms. The number of rotatable bonds is 18. The lowest BCUT2D eigenvalue weighted by atomic mass is 9.95. The summed E-state index contributed by atoms with van der Waals surface area (Å²) >= 11 is 0. The van der Waals surface area contributed by atoms with Crippen LogP contribution in [0, 0.1) is 34.4 Å². The van der Waals surface area contributed by atoms with Gasteiger partial charge >= 0.3 is 0 Å². The van der Waals surface area contributed by atoms with Crippen LogP contribution in [0.1, 0.15) is 217 Å². The normalized spacial score (nSPS) is 14.8. The predicted octanol–water partition coefficient (Wildman–Crippen LogP) is 14.9. The van der Waals surface area contributed by atoms with Crippen molar-refractivity contribution in [3.05, 3.63) is 55.5 Å². The van der Waals surface area contributed by atoms with Crippen molar-refractivity contribution in [2.24, 2.45) is 4.99 Å². The first-order valence-corrected chi connectivity index (χ1v) is 33.7. The van der Waals surface area contributed by atoms with Crippen molar-refractivity contribution in [2.45, 2.75) is 255 Å². The molecule has 374 valence electrons. The van der Waals surface area contributed by atoms with Gasteiger partial charge in [-0.3, -0.25) is 9.59 Å². The van der Waals surface area contributed by atoms with Crippen molar-refractivity contribution in [1.29, 1.82) is 0 Å². The molecule has 0 aliphatic carbocycles. The van der Waals surface area contributed by atoms with Crippen LogP contribution >= 0.6 is 0 Å². The number of hydrogen-bond donors (Lipinski definition) is 2. The first-order chi connectivity index (χ1) is 31.7. The molecule has 0 aromatic carbocycles. The van der Waals surface area contributed by atoms with E-state index in [1.165, 1.54) is 11.1 Å². The van der Waals surface area contributed by atoms with Crippen molar-refractivity contribution in [2.75, 3.05) is 0 Å². The van der Waals surface area contributed by atoms with Gasteiger partial charge in [0.2, 0.25) is 0 Å². The molecule has 8 heteroatoms. The van der Waals surface area contributed by atoms with Crippen LogP contribution in [0.15, 0.2) is 16.1 Å². The van der Waals surface area contributed by atoms with Crippen molar-refractivity contribution < 1.29 is 9.59 Å². The van der Waals surface area contributed by atoms with Gasteiger partial charge in [0.25, 0.3) is 11.7 Å². The maximum absolute atomic E-state index is 14.8. The molecule has 3 rings (SSSR count). The van der Waals surface area contributed by atoms with Gasteiger partial charge in [0.05, 0.1) is 38.9 Å². The maximum atomic E-state index is 14.8. The number of H-pyrrole nitrogens is 2. The second-order valence-electron chi connectivity index (χ2n) is 22.5. The van der Waals surface area contributed by atoms with Crippen LogP contribution in [-0.4, -0.2) is 51.6 Å². The van der Waals surface area contributed by atoms with E-state index in [1.807, 2.05) is 0 Å². The smallest absolute Gasteiger partial charge is 0.273 e. The molecule has 1 aliphatic rings. The first-order valence-electron chi connectivity index (χ1n) is 27.0. The number of aromatic nitrogens is 2. The van der Waals surface area contributed by atoms with Gasteiger partial charge in [-0.15, -0.1) is 16.6 Å². The highest BCUT2D eigenvalue weighted by molar-refractivity contribution is 6.91. The number of aromatic amines is 2. The molecular formula is C60H95N3O2Si3. The number of aliphatic imine (C=N–C) groups is 1. The lowest BCUT2D eigenvalue weighted by Gasteiger charge is -2.38. The van der Waals surface area contributed by atoms with Gasteiger partial charge in [-0.1, -0.05) is 178 Å². The number of nitrogens with zero attached hydrogens (tertiary/aromatic N) is 1. The lowest BCUT2D eigenvalue weighted by Crippen LogP contribution is -2.43. The van der Waals surface area contributed by atoms with Gasteiger partial charge in [0, 0.05) is 5.57 Å². The Balaban J connectivity index is 2.93. The van der Waals surface area contributed by atoms with E-state index in [-0.39, 0.29) is 11.7 Å². The number of nitrogens with one attached hydrogen (secondary N) is 2. The van der Waals surface area contributed by atoms with E-state index in [1.54, 1.807) is 0 Å². The molecule has 0 atom stereocenters. The fourth-order valence-electron chi connectivity index (χ4n) is 13.4. The molecule has 1 aliphatic heterocycles. The summed E-state index contributed by atoms with van der Waals surface area (Å²) in [5, 5.41) is 1.92. The van der Waals surface area contributed by atoms with Gasteiger partial charge in [-0.2, -0.15) is 0 Å². The predicted molar refractivity (Wildman–Crippen MR) is 305 cm³/mol. The molecular weight excluding hydrogens is 879 g/mol. The fourth-order valence-corrected chi connectivity index (χ4v) is 29.0. The molecule has 2 aromatic heterocycles. The lowest BCUT2D eigenvalue weighted by molar-refractivity contribution is -0.114. The number of allylic oxidation sites excluding steroid dienone is 1. The second kappa shape index (κ2) is 24.0. The topological polar surface area (TPSA) is 78.1 Å². The SMILES string of the molecule is CCC1=C(CC)C(C(C#C[Si](C(C)C)(C(C)C)C(C)C)=c2[nH]/c(=C(/C#C[Si](C(C)C)(C(C)C)C(C)C)c3[nH]c(C(=O)C#C[Si](C(C)C)(C(C)C)C(C)C)c(CC)c3CC)c(CC)c2CC)=NC1=O. The Morgan fingerprint density at radius 2 is 0.750 bits per heavy atom. The minimum Gasteiger partial charge on any atom is -0.353 e. The monoisotopic (exact) mass is 974 g/mol. The number of amides is 1. The number of hydrogen-bond acceptors (Lipinski definition) is 2. The zero-order chi connectivity index (χ0) is 52.0. The molecule has 5 nitrogen and oxygen atoms in total. The molecule has 2 N–H and O–H groups in total. The summed E-state index contributed by atoms with van der Waals surface area (Å²) in [6, 6.07) is 0. The number of ketones is 1. The molecule has 68 heavy (non-hydrogen) atoms. The number of carbonyl (C=O) groups excluding carboxylic acids is 2. The fraction of sp³-hybridized carbons (Fsp3) is 0.650. The Morgan fingerprint density at radius 3 is 1.09 bits per heavy atom. The molecule has 1 amide bonds. The van der Waals surface area contributed by atoms with Crippen LogP contribution in [0.2, 0.25) is 49.9 Å². The first kappa shape index (κ1) is 58.7. The number of carbonyl (C=O) groups is 2. The van der Waals surface area contributed by atoms with Crippen molar-refractivity contribution >= 4 is 52.8 Å². The van der Waals surface area contributed by atoms with E-state index in [4.69, 9.17) is 4.99 Å².